The van der Waals surface area contributed by atoms with E-state index < -0.39 is 0 Å². The van der Waals surface area contributed by atoms with E-state index in [-0.39, 0.29) is 6.03 Å². The second-order valence-electron chi connectivity index (χ2n) is 4.66. The van der Waals surface area contributed by atoms with Gasteiger partial charge in [0, 0.05) is 25.0 Å². The van der Waals surface area contributed by atoms with Crippen LogP contribution in [-0.4, -0.2) is 18.0 Å². The molecule has 2 aromatic carbocycles. The van der Waals surface area contributed by atoms with Crippen LogP contribution in [0.1, 0.15) is 5.56 Å². The Bertz CT molecular complexity index is 644. The predicted molar refractivity (Wildman–Crippen MR) is 87.8 cm³/mol. The second-order valence-corrected chi connectivity index (χ2v) is 5.47. The fraction of sp³-hybridized carbons (Fsp3) is 0.133. The van der Waals surface area contributed by atoms with Crippen molar-refractivity contribution in [2.45, 2.75) is 6.54 Å². The zero-order valence-corrected chi connectivity index (χ0v) is 12.9. The number of nitrogens with zero attached hydrogens (tertiary/aromatic N) is 1. The topological polar surface area (TPSA) is 58.4 Å². The van der Waals surface area contributed by atoms with Crippen molar-refractivity contribution in [1.29, 1.82) is 0 Å². The maximum atomic E-state index is 12.1. The molecule has 0 heterocycles. The summed E-state index contributed by atoms with van der Waals surface area (Å²) in [6, 6.07) is 12.1. The summed E-state index contributed by atoms with van der Waals surface area (Å²) in [5.74, 6) is 0. The molecular weight excluding hydrogens is 309 g/mol. The summed E-state index contributed by atoms with van der Waals surface area (Å²) in [6.45, 7) is 0.480. The van der Waals surface area contributed by atoms with E-state index in [1.807, 2.05) is 12.1 Å². The highest BCUT2D eigenvalue weighted by molar-refractivity contribution is 6.42. The lowest BCUT2D eigenvalue weighted by Gasteiger charge is -2.18. The van der Waals surface area contributed by atoms with Crippen molar-refractivity contribution in [3.05, 3.63) is 58.1 Å². The highest BCUT2D eigenvalue weighted by atomic mass is 35.5. The largest absolute Gasteiger partial charge is 0.399 e. The lowest BCUT2D eigenvalue weighted by Crippen LogP contribution is -2.30. The Kier molecular flexibility index (Phi) is 4.94. The number of urea groups is 1. The van der Waals surface area contributed by atoms with Gasteiger partial charge >= 0.3 is 6.03 Å². The van der Waals surface area contributed by atoms with Crippen molar-refractivity contribution in [1.82, 2.24) is 4.90 Å². The molecule has 0 saturated carbocycles. The summed E-state index contributed by atoms with van der Waals surface area (Å²) in [6.07, 6.45) is 0. The SMILES string of the molecule is CN(Cc1ccc(N)cc1)C(=O)Nc1ccc(Cl)c(Cl)c1. The number of halogens is 2. The zero-order valence-electron chi connectivity index (χ0n) is 11.4. The summed E-state index contributed by atoms with van der Waals surface area (Å²) < 4.78 is 0. The quantitative estimate of drug-likeness (QED) is 0.830. The van der Waals surface area contributed by atoms with Crippen molar-refractivity contribution in [2.24, 2.45) is 0 Å². The highest BCUT2D eigenvalue weighted by Crippen LogP contribution is 2.25. The van der Waals surface area contributed by atoms with Gasteiger partial charge in [0.2, 0.25) is 0 Å². The molecule has 0 saturated heterocycles. The average molecular weight is 324 g/mol. The van der Waals surface area contributed by atoms with E-state index in [2.05, 4.69) is 5.32 Å². The number of benzene rings is 2. The van der Waals surface area contributed by atoms with E-state index in [4.69, 9.17) is 28.9 Å². The summed E-state index contributed by atoms with van der Waals surface area (Å²) in [7, 11) is 1.71. The van der Waals surface area contributed by atoms with Crippen LogP contribution in [0.2, 0.25) is 10.0 Å². The van der Waals surface area contributed by atoms with Gasteiger partial charge in [-0.3, -0.25) is 0 Å². The minimum absolute atomic E-state index is 0.231. The van der Waals surface area contributed by atoms with Gasteiger partial charge in [0.1, 0.15) is 0 Å². The third-order valence-corrected chi connectivity index (χ3v) is 3.66. The van der Waals surface area contributed by atoms with Gasteiger partial charge in [-0.15, -0.1) is 0 Å². The van der Waals surface area contributed by atoms with E-state index in [0.29, 0.717) is 28.0 Å². The Morgan fingerprint density at radius 3 is 2.43 bits per heavy atom. The Balaban J connectivity index is 1.98. The maximum Gasteiger partial charge on any atom is 0.321 e. The minimum Gasteiger partial charge on any atom is -0.399 e. The molecule has 0 aliphatic rings. The van der Waals surface area contributed by atoms with Gasteiger partial charge in [0.05, 0.1) is 10.0 Å². The molecule has 0 fully saturated rings. The molecule has 0 spiro atoms. The van der Waals surface area contributed by atoms with E-state index in [0.717, 1.165) is 5.56 Å². The first-order valence-corrected chi connectivity index (χ1v) is 7.03. The Morgan fingerprint density at radius 1 is 1.14 bits per heavy atom. The second kappa shape index (κ2) is 6.70. The number of hydrogen-bond donors (Lipinski definition) is 2. The molecule has 2 aromatic rings. The van der Waals surface area contributed by atoms with Gasteiger partial charge in [-0.1, -0.05) is 35.3 Å². The average Bonchev–Trinajstić information content (AvgIpc) is 2.45. The molecule has 0 radical (unpaired) electrons. The van der Waals surface area contributed by atoms with Crippen molar-refractivity contribution < 1.29 is 4.79 Å². The van der Waals surface area contributed by atoms with Gasteiger partial charge in [-0.05, 0) is 35.9 Å². The minimum atomic E-state index is -0.231. The number of nitrogen functional groups attached to an aromatic ring is 1. The number of carbonyl (C=O) groups excluding carboxylic acids is 1. The van der Waals surface area contributed by atoms with Crippen LogP contribution in [0.25, 0.3) is 0 Å². The first-order valence-electron chi connectivity index (χ1n) is 6.27. The molecule has 2 rings (SSSR count). The van der Waals surface area contributed by atoms with E-state index in [1.165, 1.54) is 0 Å². The molecule has 0 aromatic heterocycles. The van der Waals surface area contributed by atoms with Crippen LogP contribution in [0.5, 0.6) is 0 Å². The number of nitrogens with two attached hydrogens (primary N) is 1. The number of amides is 2. The summed E-state index contributed by atoms with van der Waals surface area (Å²) in [5.41, 5.74) is 7.92. The van der Waals surface area contributed by atoms with Crippen LogP contribution >= 0.6 is 23.2 Å². The van der Waals surface area contributed by atoms with Crippen LogP contribution < -0.4 is 11.1 Å². The van der Waals surface area contributed by atoms with Crippen LogP contribution in [0, 0.1) is 0 Å². The van der Waals surface area contributed by atoms with Crippen molar-refractivity contribution in [3.63, 3.8) is 0 Å². The normalized spacial score (nSPS) is 10.2. The lowest BCUT2D eigenvalue weighted by molar-refractivity contribution is 0.220. The molecule has 0 aliphatic carbocycles. The summed E-state index contributed by atoms with van der Waals surface area (Å²) in [4.78, 5) is 13.7. The van der Waals surface area contributed by atoms with E-state index in [1.54, 1.807) is 42.3 Å². The van der Waals surface area contributed by atoms with Crippen molar-refractivity contribution in [3.8, 4) is 0 Å². The monoisotopic (exact) mass is 323 g/mol. The lowest BCUT2D eigenvalue weighted by atomic mass is 10.2. The van der Waals surface area contributed by atoms with Gasteiger partial charge in [0.15, 0.2) is 0 Å². The molecule has 6 heteroatoms. The Labute approximate surface area is 133 Å². The third kappa shape index (κ3) is 4.28. The molecule has 2 amide bonds. The molecule has 110 valence electrons. The number of anilines is 2. The maximum absolute atomic E-state index is 12.1. The van der Waals surface area contributed by atoms with E-state index in [9.17, 15) is 4.79 Å². The molecule has 0 atom stereocenters. The molecule has 0 aliphatic heterocycles. The Hall–Kier alpha value is -1.91. The van der Waals surface area contributed by atoms with Crippen LogP contribution in [0.4, 0.5) is 16.2 Å². The molecule has 0 unspecified atom stereocenters. The first-order chi connectivity index (χ1) is 9.95. The number of rotatable bonds is 3. The molecule has 0 bridgehead atoms. The van der Waals surface area contributed by atoms with Crippen LogP contribution in [-0.2, 0) is 6.54 Å². The standard InChI is InChI=1S/C15H15Cl2N3O/c1-20(9-10-2-4-11(18)5-3-10)15(21)19-12-6-7-13(16)14(17)8-12/h2-8H,9,18H2,1H3,(H,19,21). The third-order valence-electron chi connectivity index (χ3n) is 2.92. The van der Waals surface area contributed by atoms with Gasteiger partial charge < -0.3 is 16.0 Å². The fourth-order valence-electron chi connectivity index (χ4n) is 1.76. The van der Waals surface area contributed by atoms with Gasteiger partial charge in [-0.25, -0.2) is 4.79 Å². The predicted octanol–water partition coefficient (Wildman–Crippen LogP) is 4.24. The fourth-order valence-corrected chi connectivity index (χ4v) is 2.06. The summed E-state index contributed by atoms with van der Waals surface area (Å²) >= 11 is 11.7. The van der Waals surface area contributed by atoms with Crippen molar-refractivity contribution in [2.75, 3.05) is 18.1 Å². The van der Waals surface area contributed by atoms with Gasteiger partial charge in [0.25, 0.3) is 0 Å². The number of nitrogens with one attached hydrogen (secondary N) is 1. The summed E-state index contributed by atoms with van der Waals surface area (Å²) in [5, 5.41) is 3.61. The van der Waals surface area contributed by atoms with Crippen LogP contribution in [0.15, 0.2) is 42.5 Å². The Morgan fingerprint density at radius 2 is 1.81 bits per heavy atom. The molecular formula is C15H15Cl2N3O. The number of carbonyl (C=O) groups is 1. The van der Waals surface area contributed by atoms with Crippen LogP contribution in [0.3, 0.4) is 0 Å². The highest BCUT2D eigenvalue weighted by Gasteiger charge is 2.10. The van der Waals surface area contributed by atoms with E-state index >= 15 is 0 Å². The molecule has 3 N–H and O–H groups in total. The van der Waals surface area contributed by atoms with Crippen molar-refractivity contribution >= 4 is 40.6 Å². The smallest absolute Gasteiger partial charge is 0.321 e. The first kappa shape index (κ1) is 15.5. The van der Waals surface area contributed by atoms with Gasteiger partial charge in [-0.2, -0.15) is 0 Å². The molecule has 4 nitrogen and oxygen atoms in total. The number of hydrogen-bond acceptors (Lipinski definition) is 2. The zero-order chi connectivity index (χ0) is 15.4. The molecule has 21 heavy (non-hydrogen) atoms.